The first-order valence-corrected chi connectivity index (χ1v) is 7.48. The third-order valence-corrected chi connectivity index (χ3v) is 3.58. The first kappa shape index (κ1) is 14.7. The summed E-state index contributed by atoms with van der Waals surface area (Å²) < 4.78 is 2.20. The van der Waals surface area contributed by atoms with Crippen molar-refractivity contribution in [1.82, 2.24) is 19.9 Å². The van der Waals surface area contributed by atoms with Crippen LogP contribution in [-0.4, -0.2) is 21.1 Å². The van der Waals surface area contributed by atoms with Crippen molar-refractivity contribution in [3.63, 3.8) is 0 Å². The highest BCUT2D eigenvalue weighted by atomic mass is 15.1. The molecule has 108 valence electrons. The molecule has 0 aliphatic rings. The number of hydrogen-bond acceptors (Lipinski definition) is 3. The molecule has 2 heterocycles. The molecule has 0 fully saturated rings. The molecule has 0 saturated heterocycles. The third kappa shape index (κ3) is 3.07. The molecule has 0 aliphatic carbocycles. The van der Waals surface area contributed by atoms with E-state index in [0.29, 0.717) is 0 Å². The van der Waals surface area contributed by atoms with Gasteiger partial charge in [0.15, 0.2) is 0 Å². The van der Waals surface area contributed by atoms with Gasteiger partial charge in [0.25, 0.3) is 0 Å². The van der Waals surface area contributed by atoms with Crippen LogP contribution >= 0.6 is 0 Å². The third-order valence-electron chi connectivity index (χ3n) is 3.58. The van der Waals surface area contributed by atoms with Gasteiger partial charge < -0.3 is 9.88 Å². The molecule has 0 spiro atoms. The number of aromatic nitrogens is 3. The monoisotopic (exact) mass is 272 g/mol. The summed E-state index contributed by atoms with van der Waals surface area (Å²) in [4.78, 5) is 8.82. The van der Waals surface area contributed by atoms with Gasteiger partial charge in [-0.25, -0.2) is 4.98 Å². The zero-order valence-corrected chi connectivity index (χ0v) is 12.6. The van der Waals surface area contributed by atoms with Gasteiger partial charge in [0.1, 0.15) is 5.82 Å². The van der Waals surface area contributed by atoms with Crippen LogP contribution in [0.25, 0.3) is 0 Å². The van der Waals surface area contributed by atoms with Crippen LogP contribution < -0.4 is 5.32 Å². The van der Waals surface area contributed by atoms with Gasteiger partial charge in [-0.2, -0.15) is 0 Å². The summed E-state index contributed by atoms with van der Waals surface area (Å²) >= 11 is 0. The van der Waals surface area contributed by atoms with Gasteiger partial charge >= 0.3 is 0 Å². The van der Waals surface area contributed by atoms with E-state index in [2.05, 4.69) is 46.7 Å². The Labute approximate surface area is 121 Å². The van der Waals surface area contributed by atoms with Crippen molar-refractivity contribution in [2.45, 2.75) is 46.2 Å². The summed E-state index contributed by atoms with van der Waals surface area (Å²) in [7, 11) is 0. The van der Waals surface area contributed by atoms with Gasteiger partial charge in [-0.3, -0.25) is 4.98 Å². The smallest absolute Gasteiger partial charge is 0.130 e. The van der Waals surface area contributed by atoms with E-state index < -0.39 is 0 Å². The normalized spacial score (nSPS) is 12.6. The lowest BCUT2D eigenvalue weighted by atomic mass is 10.00. The fourth-order valence-corrected chi connectivity index (χ4v) is 2.49. The predicted octanol–water partition coefficient (Wildman–Crippen LogP) is 2.95. The van der Waals surface area contributed by atoms with E-state index in [1.54, 1.807) is 0 Å². The quantitative estimate of drug-likeness (QED) is 0.842. The highest BCUT2D eigenvalue weighted by Crippen LogP contribution is 2.24. The van der Waals surface area contributed by atoms with E-state index in [0.717, 1.165) is 31.8 Å². The molecule has 2 aromatic rings. The van der Waals surface area contributed by atoms with Gasteiger partial charge in [0, 0.05) is 31.3 Å². The number of hydrogen-bond donors (Lipinski definition) is 1. The minimum absolute atomic E-state index is 0.142. The molecule has 0 saturated carbocycles. The van der Waals surface area contributed by atoms with Crippen LogP contribution in [-0.2, 0) is 13.0 Å². The lowest BCUT2D eigenvalue weighted by Gasteiger charge is -2.21. The van der Waals surface area contributed by atoms with Gasteiger partial charge in [-0.05, 0) is 43.5 Å². The van der Waals surface area contributed by atoms with Crippen molar-refractivity contribution >= 4 is 0 Å². The Balaban J connectivity index is 2.41. The Morgan fingerprint density at radius 2 is 2.10 bits per heavy atom. The maximum absolute atomic E-state index is 4.57. The summed E-state index contributed by atoms with van der Waals surface area (Å²) in [6.45, 7) is 8.42. The zero-order chi connectivity index (χ0) is 14.4. The molecule has 0 radical (unpaired) electrons. The van der Waals surface area contributed by atoms with Crippen LogP contribution in [0.4, 0.5) is 0 Å². The second-order valence-corrected chi connectivity index (χ2v) is 4.89. The molecule has 1 atom stereocenters. The molecule has 20 heavy (non-hydrogen) atoms. The number of pyridine rings is 1. The summed E-state index contributed by atoms with van der Waals surface area (Å²) in [6.07, 6.45) is 9.86. The molecule has 0 aliphatic heterocycles. The Morgan fingerprint density at radius 3 is 2.80 bits per heavy atom. The van der Waals surface area contributed by atoms with Gasteiger partial charge in [0.05, 0.1) is 6.04 Å². The summed E-state index contributed by atoms with van der Waals surface area (Å²) in [5.74, 6) is 1.09. The SMILES string of the molecule is CCCNC(c1ccncc1CC)c1nccn1CC. The molecular formula is C16H24N4. The van der Waals surface area contributed by atoms with Crippen LogP contribution in [0.15, 0.2) is 30.9 Å². The number of imidazole rings is 1. The van der Waals surface area contributed by atoms with Crippen molar-refractivity contribution in [3.8, 4) is 0 Å². The van der Waals surface area contributed by atoms with Crippen molar-refractivity contribution in [2.75, 3.05) is 6.54 Å². The number of rotatable bonds is 7. The Morgan fingerprint density at radius 1 is 1.25 bits per heavy atom. The molecule has 1 N–H and O–H groups in total. The van der Waals surface area contributed by atoms with Crippen LogP contribution in [0.1, 0.15) is 50.2 Å². The molecule has 0 amide bonds. The van der Waals surface area contributed by atoms with Gasteiger partial charge in [-0.1, -0.05) is 13.8 Å². The van der Waals surface area contributed by atoms with Crippen molar-refractivity contribution in [2.24, 2.45) is 0 Å². The van der Waals surface area contributed by atoms with E-state index in [1.807, 2.05) is 24.8 Å². The Kier molecular flexibility index (Phi) is 5.30. The second-order valence-electron chi connectivity index (χ2n) is 4.89. The molecule has 2 rings (SSSR count). The Hall–Kier alpha value is -1.68. The summed E-state index contributed by atoms with van der Waals surface area (Å²) in [5.41, 5.74) is 2.57. The first-order chi connectivity index (χ1) is 9.81. The van der Waals surface area contributed by atoms with Crippen molar-refractivity contribution < 1.29 is 0 Å². The van der Waals surface area contributed by atoms with Gasteiger partial charge in [0.2, 0.25) is 0 Å². The number of nitrogens with one attached hydrogen (secondary N) is 1. The van der Waals surface area contributed by atoms with E-state index in [1.165, 1.54) is 11.1 Å². The molecule has 4 nitrogen and oxygen atoms in total. The lowest BCUT2D eigenvalue weighted by molar-refractivity contribution is 0.538. The molecular weight excluding hydrogens is 248 g/mol. The summed E-state index contributed by atoms with van der Waals surface area (Å²) in [5, 5.41) is 3.63. The van der Waals surface area contributed by atoms with E-state index >= 15 is 0 Å². The Bertz CT molecular complexity index is 533. The standard InChI is InChI=1S/C16H24N4/c1-4-8-18-15(16-19-10-11-20(16)6-3)14-7-9-17-12-13(14)5-2/h7,9-12,15,18H,4-6,8H2,1-3H3. The average molecular weight is 272 g/mol. The number of nitrogens with zero attached hydrogens (tertiary/aromatic N) is 3. The highest BCUT2D eigenvalue weighted by molar-refractivity contribution is 5.31. The fourth-order valence-electron chi connectivity index (χ4n) is 2.49. The molecule has 0 bridgehead atoms. The molecule has 4 heteroatoms. The van der Waals surface area contributed by atoms with Crippen LogP contribution in [0, 0.1) is 0 Å². The van der Waals surface area contributed by atoms with E-state index in [-0.39, 0.29) is 6.04 Å². The van der Waals surface area contributed by atoms with Crippen LogP contribution in [0.2, 0.25) is 0 Å². The highest BCUT2D eigenvalue weighted by Gasteiger charge is 2.20. The summed E-state index contributed by atoms with van der Waals surface area (Å²) in [6, 6.07) is 2.25. The second kappa shape index (κ2) is 7.20. The molecule has 1 unspecified atom stereocenters. The minimum Gasteiger partial charge on any atom is -0.334 e. The fraction of sp³-hybridized carbons (Fsp3) is 0.500. The van der Waals surface area contributed by atoms with E-state index in [4.69, 9.17) is 0 Å². The lowest BCUT2D eigenvalue weighted by Crippen LogP contribution is -2.27. The minimum atomic E-state index is 0.142. The van der Waals surface area contributed by atoms with Crippen LogP contribution in [0.5, 0.6) is 0 Å². The first-order valence-electron chi connectivity index (χ1n) is 7.48. The maximum Gasteiger partial charge on any atom is 0.130 e. The topological polar surface area (TPSA) is 42.7 Å². The predicted molar refractivity (Wildman–Crippen MR) is 81.7 cm³/mol. The van der Waals surface area contributed by atoms with Gasteiger partial charge in [-0.15, -0.1) is 0 Å². The van der Waals surface area contributed by atoms with Crippen LogP contribution in [0.3, 0.4) is 0 Å². The van der Waals surface area contributed by atoms with Crippen molar-refractivity contribution in [3.05, 3.63) is 47.8 Å². The average Bonchev–Trinajstić information content (AvgIpc) is 2.96. The van der Waals surface area contributed by atoms with Crippen molar-refractivity contribution in [1.29, 1.82) is 0 Å². The zero-order valence-electron chi connectivity index (χ0n) is 12.6. The largest absolute Gasteiger partial charge is 0.334 e. The maximum atomic E-state index is 4.57. The molecule has 2 aromatic heterocycles. The molecule has 0 aromatic carbocycles. The van der Waals surface area contributed by atoms with E-state index in [9.17, 15) is 0 Å². The number of aryl methyl sites for hydroxylation is 2.